The summed E-state index contributed by atoms with van der Waals surface area (Å²) < 4.78 is 0. The van der Waals surface area contributed by atoms with E-state index >= 15 is 0 Å². The van der Waals surface area contributed by atoms with E-state index in [0.717, 1.165) is 6.42 Å². The molecule has 0 aromatic heterocycles. The van der Waals surface area contributed by atoms with E-state index in [1.54, 1.807) is 0 Å². The monoisotopic (exact) mass is 458 g/mol. The van der Waals surface area contributed by atoms with Crippen LogP contribution in [0.4, 0.5) is 0 Å². The van der Waals surface area contributed by atoms with Crippen LogP contribution in [0.1, 0.15) is 63.8 Å². The van der Waals surface area contributed by atoms with Gasteiger partial charge in [0.15, 0.2) is 0 Å². The predicted octanol–water partition coefficient (Wildman–Crippen LogP) is 5.85. The van der Waals surface area contributed by atoms with Crippen molar-refractivity contribution in [3.05, 3.63) is 58.7 Å². The minimum absolute atomic E-state index is 0. The fourth-order valence-electron chi connectivity index (χ4n) is 3.10. The molecule has 1 heteroatoms. The zero-order valence-electron chi connectivity index (χ0n) is 14.7. The minimum atomic E-state index is 0. The van der Waals surface area contributed by atoms with Crippen molar-refractivity contribution in [2.24, 2.45) is 0 Å². The second kappa shape index (κ2) is 5.74. The normalized spacial score (nSPS) is 13.4. The Labute approximate surface area is 154 Å². The molecule has 0 N–H and O–H groups in total. The number of hydrogen-bond donors (Lipinski definition) is 0. The summed E-state index contributed by atoms with van der Waals surface area (Å²) in [6.07, 6.45) is 1.08. The van der Waals surface area contributed by atoms with E-state index in [2.05, 4.69) is 77.9 Å². The smallest absolute Gasteiger partial charge is 0 e. The van der Waals surface area contributed by atoms with Gasteiger partial charge in [-0.05, 0) is 50.6 Å². The molecule has 0 unspecified atom stereocenters. The minimum Gasteiger partial charge on any atom is -0.0582 e. The molecule has 0 spiro atoms. The van der Waals surface area contributed by atoms with Gasteiger partial charge in [-0.1, -0.05) is 77.9 Å². The first-order valence-electron chi connectivity index (χ1n) is 7.93. The quantitative estimate of drug-likeness (QED) is 0.372. The Morgan fingerprint density at radius 1 is 0.636 bits per heavy atom. The van der Waals surface area contributed by atoms with Crippen molar-refractivity contribution in [3.8, 4) is 11.1 Å². The summed E-state index contributed by atoms with van der Waals surface area (Å²) in [5, 5.41) is 0. The number of fused-ring (bicyclic) bond motifs is 3. The van der Waals surface area contributed by atoms with Crippen LogP contribution in [0.25, 0.3) is 11.1 Å². The van der Waals surface area contributed by atoms with Crippen molar-refractivity contribution in [1.82, 2.24) is 0 Å². The molecule has 0 saturated carbocycles. The summed E-state index contributed by atoms with van der Waals surface area (Å²) in [5.74, 6) is 0. The maximum Gasteiger partial charge on any atom is 0 e. The summed E-state index contributed by atoms with van der Waals surface area (Å²) in [4.78, 5) is 0. The fourth-order valence-corrected chi connectivity index (χ4v) is 3.10. The SMILES string of the molecule is CC(C)(C)c1ccc2c(c1)-c1cc(C(C)(C)C)ccc1C2.[Hf]. The van der Waals surface area contributed by atoms with Crippen molar-refractivity contribution in [2.75, 3.05) is 0 Å². The van der Waals surface area contributed by atoms with E-state index in [0.29, 0.717) is 0 Å². The first kappa shape index (κ1) is 17.7. The van der Waals surface area contributed by atoms with Gasteiger partial charge in [0.1, 0.15) is 0 Å². The molecule has 0 heterocycles. The molecule has 0 amide bonds. The van der Waals surface area contributed by atoms with Crippen LogP contribution in [0.15, 0.2) is 36.4 Å². The van der Waals surface area contributed by atoms with Gasteiger partial charge in [-0.15, -0.1) is 0 Å². The van der Waals surface area contributed by atoms with Crippen molar-refractivity contribution < 1.29 is 25.8 Å². The maximum atomic E-state index is 2.41. The Bertz CT molecular complexity index is 635. The van der Waals surface area contributed by atoms with E-state index in [-0.39, 0.29) is 36.7 Å². The van der Waals surface area contributed by atoms with Crippen LogP contribution in [-0.2, 0) is 43.1 Å². The second-order valence-electron chi connectivity index (χ2n) is 8.42. The summed E-state index contributed by atoms with van der Waals surface area (Å²) in [6, 6.07) is 14.1. The predicted molar refractivity (Wildman–Crippen MR) is 92.1 cm³/mol. The van der Waals surface area contributed by atoms with Crippen molar-refractivity contribution >= 4 is 0 Å². The van der Waals surface area contributed by atoms with Crippen LogP contribution >= 0.6 is 0 Å². The molecule has 0 bridgehead atoms. The van der Waals surface area contributed by atoms with E-state index in [1.165, 1.54) is 33.4 Å². The standard InChI is InChI=1S/C21H26.Hf/c1-20(2,3)16-9-7-14-11-15-8-10-17(21(4,5)6)13-19(15)18(14)12-16;/h7-10,12-13H,11H2,1-6H3;. The fraction of sp³-hybridized carbons (Fsp3) is 0.429. The molecule has 1 aliphatic carbocycles. The molecule has 0 aliphatic heterocycles. The van der Waals surface area contributed by atoms with E-state index in [9.17, 15) is 0 Å². The van der Waals surface area contributed by atoms with E-state index < -0.39 is 0 Å². The Kier molecular flexibility index (Phi) is 4.61. The van der Waals surface area contributed by atoms with Crippen molar-refractivity contribution in [2.45, 2.75) is 58.8 Å². The van der Waals surface area contributed by atoms with Gasteiger partial charge in [0, 0.05) is 25.8 Å². The third-order valence-corrected chi connectivity index (χ3v) is 4.62. The average molecular weight is 457 g/mol. The summed E-state index contributed by atoms with van der Waals surface area (Å²) in [5.41, 5.74) is 9.12. The van der Waals surface area contributed by atoms with Gasteiger partial charge in [0.2, 0.25) is 0 Å². The molecule has 2 aromatic carbocycles. The molecule has 0 fully saturated rings. The molecule has 2 aromatic rings. The molecule has 22 heavy (non-hydrogen) atoms. The van der Waals surface area contributed by atoms with Gasteiger partial charge in [-0.2, -0.15) is 0 Å². The van der Waals surface area contributed by atoms with Crippen LogP contribution in [0.2, 0.25) is 0 Å². The van der Waals surface area contributed by atoms with Gasteiger partial charge in [-0.3, -0.25) is 0 Å². The van der Waals surface area contributed by atoms with Gasteiger partial charge in [0.25, 0.3) is 0 Å². The molecular formula is C21H26Hf. The Morgan fingerprint density at radius 2 is 1.00 bits per heavy atom. The number of benzene rings is 2. The molecular weight excluding hydrogens is 431 g/mol. The molecule has 114 valence electrons. The van der Waals surface area contributed by atoms with Gasteiger partial charge in [0.05, 0.1) is 0 Å². The van der Waals surface area contributed by atoms with Gasteiger partial charge >= 0.3 is 0 Å². The largest absolute Gasteiger partial charge is 0.0582 e. The van der Waals surface area contributed by atoms with E-state index in [4.69, 9.17) is 0 Å². The number of rotatable bonds is 0. The van der Waals surface area contributed by atoms with Crippen molar-refractivity contribution in [1.29, 1.82) is 0 Å². The third kappa shape index (κ3) is 3.15. The van der Waals surface area contributed by atoms with Crippen LogP contribution in [0, 0.1) is 0 Å². The zero-order chi connectivity index (χ0) is 15.4. The summed E-state index contributed by atoms with van der Waals surface area (Å²) in [7, 11) is 0. The second-order valence-corrected chi connectivity index (χ2v) is 8.42. The maximum absolute atomic E-state index is 2.41. The van der Waals surface area contributed by atoms with Crippen LogP contribution in [0.5, 0.6) is 0 Å². The summed E-state index contributed by atoms with van der Waals surface area (Å²) >= 11 is 0. The average Bonchev–Trinajstić information content (AvgIpc) is 2.73. The first-order valence-corrected chi connectivity index (χ1v) is 7.93. The Balaban J connectivity index is 0.00000176. The summed E-state index contributed by atoms with van der Waals surface area (Å²) in [6.45, 7) is 13.7. The van der Waals surface area contributed by atoms with Crippen LogP contribution in [-0.4, -0.2) is 0 Å². The van der Waals surface area contributed by atoms with Gasteiger partial charge in [-0.25, -0.2) is 0 Å². The zero-order valence-corrected chi connectivity index (χ0v) is 18.3. The van der Waals surface area contributed by atoms with Crippen molar-refractivity contribution in [3.63, 3.8) is 0 Å². The Morgan fingerprint density at radius 3 is 1.32 bits per heavy atom. The topological polar surface area (TPSA) is 0 Å². The van der Waals surface area contributed by atoms with Crippen LogP contribution < -0.4 is 0 Å². The van der Waals surface area contributed by atoms with E-state index in [1.807, 2.05) is 0 Å². The molecule has 3 rings (SSSR count). The van der Waals surface area contributed by atoms with Gasteiger partial charge < -0.3 is 0 Å². The molecule has 0 saturated heterocycles. The molecule has 0 radical (unpaired) electrons. The third-order valence-electron chi connectivity index (χ3n) is 4.62. The molecule has 1 aliphatic rings. The molecule has 0 atom stereocenters. The Hall–Kier alpha value is -0.690. The van der Waals surface area contributed by atoms with Crippen LogP contribution in [0.3, 0.4) is 0 Å². The first-order chi connectivity index (χ1) is 9.66. The number of hydrogen-bond acceptors (Lipinski definition) is 0. The molecule has 0 nitrogen and oxygen atoms in total.